The van der Waals surface area contributed by atoms with Crippen LogP contribution in [-0.2, 0) is 26.2 Å². The van der Waals surface area contributed by atoms with E-state index >= 15 is 0 Å². The van der Waals surface area contributed by atoms with Crippen LogP contribution in [-0.4, -0.2) is 43.8 Å². The van der Waals surface area contributed by atoms with E-state index in [0.717, 1.165) is 54.3 Å². The lowest BCUT2D eigenvalue weighted by Gasteiger charge is -2.32. The van der Waals surface area contributed by atoms with Crippen LogP contribution in [0.3, 0.4) is 0 Å². The van der Waals surface area contributed by atoms with E-state index in [-0.39, 0.29) is 29.1 Å². The van der Waals surface area contributed by atoms with Crippen molar-refractivity contribution in [1.82, 2.24) is 10.2 Å². The maximum Gasteiger partial charge on any atom is 0.264 e. The summed E-state index contributed by atoms with van der Waals surface area (Å²) in [6.45, 7) is 1.02. The normalized spacial score (nSPS) is 14.5. The van der Waals surface area contributed by atoms with Crippen molar-refractivity contribution in [3.63, 3.8) is 0 Å². The zero-order valence-electron chi connectivity index (χ0n) is 21.9. The van der Waals surface area contributed by atoms with Crippen molar-refractivity contribution in [2.75, 3.05) is 10.8 Å². The zero-order valence-corrected chi connectivity index (χ0v) is 24.2. The molecule has 1 aliphatic carbocycles. The summed E-state index contributed by atoms with van der Waals surface area (Å²) in [4.78, 5) is 28.3. The Morgan fingerprint density at radius 2 is 1.62 bits per heavy atom. The highest BCUT2D eigenvalue weighted by Gasteiger charge is 2.33. The number of carbonyl (C=O) groups excluding carboxylic acids is 2. The summed E-state index contributed by atoms with van der Waals surface area (Å²) in [7, 11) is -4.27. The molecule has 7 nitrogen and oxygen atoms in total. The van der Waals surface area contributed by atoms with Gasteiger partial charge in [0.1, 0.15) is 18.4 Å². The molecule has 1 aliphatic rings. The summed E-state index contributed by atoms with van der Waals surface area (Å²) in [5, 5.41) is 3.65. The van der Waals surface area contributed by atoms with Crippen molar-refractivity contribution >= 4 is 50.7 Å². The number of para-hydroxylation sites is 1. The Bertz CT molecular complexity index is 1450. The lowest BCUT2D eigenvalue weighted by molar-refractivity contribution is -0.139. The molecule has 0 aliphatic heterocycles. The largest absolute Gasteiger partial charge is 0.352 e. The van der Waals surface area contributed by atoms with Crippen LogP contribution >= 0.6 is 23.2 Å². The molecule has 1 saturated carbocycles. The van der Waals surface area contributed by atoms with Gasteiger partial charge in [0.2, 0.25) is 11.8 Å². The molecule has 3 aromatic rings. The van der Waals surface area contributed by atoms with Crippen molar-refractivity contribution in [3.05, 3.63) is 94.2 Å². The van der Waals surface area contributed by atoms with Gasteiger partial charge in [0.25, 0.3) is 10.0 Å². The van der Waals surface area contributed by atoms with Crippen LogP contribution in [0.5, 0.6) is 0 Å². The molecule has 0 aromatic heterocycles. The van der Waals surface area contributed by atoms with E-state index < -0.39 is 34.3 Å². The highest BCUT2D eigenvalue weighted by Crippen LogP contribution is 2.26. The summed E-state index contributed by atoms with van der Waals surface area (Å²) in [6, 6.07) is 16.6. The molecule has 3 aromatic carbocycles. The second-order valence-corrected chi connectivity index (χ2v) is 12.4. The van der Waals surface area contributed by atoms with Crippen molar-refractivity contribution in [3.8, 4) is 0 Å². The number of sulfonamides is 1. The predicted octanol–water partition coefficient (Wildman–Crippen LogP) is 5.80. The van der Waals surface area contributed by atoms with E-state index in [1.807, 2.05) is 0 Å². The van der Waals surface area contributed by atoms with Gasteiger partial charge in [0.15, 0.2) is 0 Å². The summed E-state index contributed by atoms with van der Waals surface area (Å²) < 4.78 is 41.9. The minimum Gasteiger partial charge on any atom is -0.352 e. The third-order valence-electron chi connectivity index (χ3n) is 6.93. The Morgan fingerprint density at radius 3 is 2.25 bits per heavy atom. The fourth-order valence-electron chi connectivity index (χ4n) is 4.67. The smallest absolute Gasteiger partial charge is 0.264 e. The van der Waals surface area contributed by atoms with Gasteiger partial charge in [-0.15, -0.1) is 0 Å². The Hall–Kier alpha value is -3.14. The number of nitrogens with one attached hydrogen (secondary N) is 1. The van der Waals surface area contributed by atoms with E-state index in [1.165, 1.54) is 4.90 Å². The summed E-state index contributed by atoms with van der Waals surface area (Å²) in [5.41, 5.74) is 0.869. The predicted molar refractivity (Wildman–Crippen MR) is 154 cm³/mol. The van der Waals surface area contributed by atoms with Crippen LogP contribution in [0.25, 0.3) is 0 Å². The van der Waals surface area contributed by atoms with Crippen LogP contribution in [0.4, 0.5) is 10.1 Å². The second-order valence-electron chi connectivity index (χ2n) is 9.74. The third-order valence-corrected chi connectivity index (χ3v) is 9.46. The molecular formula is C29H30Cl2FN3O4S. The molecule has 0 saturated heterocycles. The average molecular weight is 607 g/mol. The molecule has 0 unspecified atom stereocenters. The molecule has 0 spiro atoms. The molecular weight excluding hydrogens is 576 g/mol. The minimum absolute atomic E-state index is 0.00575. The van der Waals surface area contributed by atoms with Gasteiger partial charge < -0.3 is 10.2 Å². The van der Waals surface area contributed by atoms with Crippen LogP contribution in [0.2, 0.25) is 10.0 Å². The molecule has 1 N–H and O–H groups in total. The highest BCUT2D eigenvalue weighted by atomic mass is 35.5. The Balaban J connectivity index is 1.67. The van der Waals surface area contributed by atoms with Crippen LogP contribution < -0.4 is 9.62 Å². The number of anilines is 1. The molecule has 1 atom stereocenters. The van der Waals surface area contributed by atoms with E-state index in [9.17, 15) is 22.4 Å². The first-order valence-electron chi connectivity index (χ1n) is 12.9. The third kappa shape index (κ3) is 7.13. The van der Waals surface area contributed by atoms with Crippen LogP contribution in [0.1, 0.15) is 38.2 Å². The van der Waals surface area contributed by atoms with Crippen molar-refractivity contribution in [1.29, 1.82) is 0 Å². The Labute approximate surface area is 243 Å². The Morgan fingerprint density at radius 1 is 0.975 bits per heavy atom. The van der Waals surface area contributed by atoms with Crippen molar-refractivity contribution in [2.45, 2.75) is 56.1 Å². The molecule has 0 heterocycles. The number of benzene rings is 3. The molecule has 1 fully saturated rings. The first kappa shape index (κ1) is 29.8. The van der Waals surface area contributed by atoms with Crippen LogP contribution in [0.15, 0.2) is 77.7 Å². The fourth-order valence-corrected chi connectivity index (χ4v) is 6.40. The lowest BCUT2D eigenvalue weighted by Crippen LogP contribution is -2.52. The van der Waals surface area contributed by atoms with Gasteiger partial charge in [0, 0.05) is 12.6 Å². The van der Waals surface area contributed by atoms with Gasteiger partial charge in [-0.25, -0.2) is 12.8 Å². The maximum absolute atomic E-state index is 13.9. The van der Waals surface area contributed by atoms with E-state index in [0.29, 0.717) is 15.6 Å². The molecule has 212 valence electrons. The first-order chi connectivity index (χ1) is 19.1. The van der Waals surface area contributed by atoms with Crippen molar-refractivity contribution < 1.29 is 22.4 Å². The highest BCUT2D eigenvalue weighted by molar-refractivity contribution is 7.92. The van der Waals surface area contributed by atoms with Crippen molar-refractivity contribution in [2.24, 2.45) is 0 Å². The van der Waals surface area contributed by atoms with E-state index in [1.54, 1.807) is 55.5 Å². The molecule has 0 bridgehead atoms. The van der Waals surface area contributed by atoms with Gasteiger partial charge in [0.05, 0.1) is 20.6 Å². The number of halogens is 3. The second kappa shape index (κ2) is 13.0. The summed E-state index contributed by atoms with van der Waals surface area (Å²) >= 11 is 12.3. The maximum atomic E-state index is 13.9. The fraction of sp³-hybridized carbons (Fsp3) is 0.310. The number of hydrogen-bond donors (Lipinski definition) is 1. The number of rotatable bonds is 10. The molecule has 4 rings (SSSR count). The summed E-state index contributed by atoms with van der Waals surface area (Å²) in [5.74, 6) is -1.51. The van der Waals surface area contributed by atoms with Crippen LogP contribution in [0, 0.1) is 5.82 Å². The topological polar surface area (TPSA) is 86.8 Å². The number of nitrogens with zero attached hydrogens (tertiary/aromatic N) is 2. The van der Waals surface area contributed by atoms with Gasteiger partial charge in [-0.05, 0) is 73.9 Å². The average Bonchev–Trinajstić information content (AvgIpc) is 3.45. The lowest BCUT2D eigenvalue weighted by atomic mass is 10.1. The first-order valence-corrected chi connectivity index (χ1v) is 15.1. The SMILES string of the molecule is C[C@@H](C(=O)NC1CCCC1)N(Cc1ccc(Cl)c(Cl)c1)C(=O)CN(c1ccccc1)S(=O)(=O)c1ccc(F)cc1. The van der Waals surface area contributed by atoms with E-state index in [2.05, 4.69) is 5.32 Å². The van der Waals surface area contributed by atoms with Gasteiger partial charge in [-0.1, -0.05) is 60.3 Å². The van der Waals surface area contributed by atoms with E-state index in [4.69, 9.17) is 23.2 Å². The summed E-state index contributed by atoms with van der Waals surface area (Å²) in [6.07, 6.45) is 3.80. The molecule has 0 radical (unpaired) electrons. The molecule has 2 amide bonds. The minimum atomic E-state index is -4.27. The quantitative estimate of drug-likeness (QED) is 0.316. The van der Waals surface area contributed by atoms with Gasteiger partial charge in [-0.3, -0.25) is 13.9 Å². The number of hydrogen-bond acceptors (Lipinski definition) is 4. The standard InChI is InChI=1S/C29H30Cl2FN3O4S/c1-20(29(37)33-23-7-5-6-8-23)34(18-21-11-16-26(30)27(31)17-21)28(36)19-35(24-9-3-2-4-10-24)40(38,39)25-14-12-22(32)13-15-25/h2-4,9-17,20,23H,5-8,18-19H2,1H3,(H,33,37)/t20-/m0/s1. The number of carbonyl (C=O) groups is 2. The van der Waals surface area contributed by atoms with Gasteiger partial charge >= 0.3 is 0 Å². The number of amides is 2. The monoisotopic (exact) mass is 605 g/mol. The molecule has 40 heavy (non-hydrogen) atoms. The zero-order chi connectivity index (χ0) is 28.9. The molecule has 11 heteroatoms. The Kier molecular flexibility index (Phi) is 9.71. The van der Waals surface area contributed by atoms with Gasteiger partial charge in [-0.2, -0.15) is 0 Å².